The van der Waals surface area contributed by atoms with Crippen LogP contribution in [-0.2, 0) is 10.8 Å². The molecule has 0 aliphatic heterocycles. The molecule has 10 rings (SSSR count). The van der Waals surface area contributed by atoms with E-state index in [-0.39, 0.29) is 10.8 Å². The molecule has 0 saturated heterocycles. The summed E-state index contributed by atoms with van der Waals surface area (Å²) in [6.45, 7) is 13.3. The van der Waals surface area contributed by atoms with Crippen LogP contribution in [-0.4, -0.2) is 4.57 Å². The molecule has 0 aliphatic carbocycles. The van der Waals surface area contributed by atoms with Crippen molar-refractivity contribution in [1.82, 2.24) is 4.57 Å². The minimum atomic E-state index is -0.393. The Labute approximate surface area is 329 Å². The number of fused-ring (bicyclic) bond motifs is 9. The zero-order valence-corrected chi connectivity index (χ0v) is 32.9. The van der Waals surface area contributed by atoms with Crippen LogP contribution in [0.2, 0.25) is 0 Å². The van der Waals surface area contributed by atoms with Crippen LogP contribution in [0.25, 0.3) is 93.2 Å². The fourth-order valence-electron chi connectivity index (χ4n) is 8.41. The molecule has 7 aromatic carbocycles. The molecule has 0 amide bonds. The van der Waals surface area contributed by atoms with Crippen molar-refractivity contribution in [3.63, 3.8) is 0 Å². The zero-order chi connectivity index (χ0) is 39.4. The van der Waals surface area contributed by atoms with Gasteiger partial charge in [0, 0.05) is 27.2 Å². The topological polar surface area (TPSA) is 65.3 Å². The van der Waals surface area contributed by atoms with E-state index in [0.29, 0.717) is 22.3 Å². The molecule has 0 fully saturated rings. The van der Waals surface area contributed by atoms with Crippen LogP contribution >= 0.6 is 0 Å². The molecule has 0 unspecified atom stereocenters. The van der Waals surface area contributed by atoms with Crippen LogP contribution in [0.15, 0.2) is 158 Å². The number of rotatable bonds is 3. The Morgan fingerprint density at radius 1 is 0.421 bits per heavy atom. The maximum atomic E-state index is 13.7. The summed E-state index contributed by atoms with van der Waals surface area (Å²) >= 11 is 0. The molecule has 0 saturated carbocycles. The van der Waals surface area contributed by atoms with Crippen LogP contribution in [0.4, 0.5) is 0 Å². The fourth-order valence-corrected chi connectivity index (χ4v) is 8.41. The van der Waals surface area contributed by atoms with Gasteiger partial charge in [-0.3, -0.25) is 0 Å². The van der Waals surface area contributed by atoms with E-state index in [0.717, 1.165) is 70.9 Å². The van der Waals surface area contributed by atoms with Gasteiger partial charge in [0.05, 0.1) is 22.2 Å². The van der Waals surface area contributed by atoms with Gasteiger partial charge in [-0.15, -0.1) is 0 Å². The van der Waals surface area contributed by atoms with E-state index < -0.39 is 11.3 Å². The highest BCUT2D eigenvalue weighted by molar-refractivity contribution is 6.13. The van der Waals surface area contributed by atoms with Gasteiger partial charge < -0.3 is 13.4 Å². The standard InChI is InChI=1S/C52H41NO4/c1-51(2,3)34-16-18-37-30(24-34)14-22-47-43(37)28-39(49(54)56-47)32-12-20-45-41(26-32)42-27-33(13-21-46(42)53(45)36-10-8-7-9-11-36)40-29-44-38-19-17-35(52(4,5)6)25-31(38)15-23-48(44)57-50(40)55/h7-29H,1-6H3. The van der Waals surface area contributed by atoms with Crippen molar-refractivity contribution in [2.45, 2.75) is 52.4 Å². The predicted octanol–water partition coefficient (Wildman–Crippen LogP) is 13.2. The van der Waals surface area contributed by atoms with E-state index in [1.54, 1.807) is 0 Å². The molecule has 0 aliphatic rings. The van der Waals surface area contributed by atoms with Crippen molar-refractivity contribution in [2.24, 2.45) is 0 Å². The number of para-hydroxylation sites is 1. The molecule has 0 atom stereocenters. The molecule has 0 bridgehead atoms. The molecular formula is C52H41NO4. The van der Waals surface area contributed by atoms with Crippen LogP contribution in [0.1, 0.15) is 52.7 Å². The SMILES string of the molecule is CC(C)(C)c1ccc2c(ccc3oc(=O)c(-c4ccc5c(c4)c4cc(-c6cc7c(ccc8cc(C(C)(C)C)ccc87)oc6=O)ccc4n5-c4ccccc4)cc32)c1. The third-order valence-electron chi connectivity index (χ3n) is 11.6. The van der Waals surface area contributed by atoms with Crippen molar-refractivity contribution in [3.05, 3.63) is 171 Å². The molecule has 3 aromatic heterocycles. The lowest BCUT2D eigenvalue weighted by molar-refractivity contribution is 0.563. The first-order valence-electron chi connectivity index (χ1n) is 19.5. The quantitative estimate of drug-likeness (QED) is 0.133. The molecule has 5 nitrogen and oxygen atoms in total. The predicted molar refractivity (Wildman–Crippen MR) is 236 cm³/mol. The normalized spacial score (nSPS) is 12.5. The minimum absolute atomic E-state index is 0.00887. The number of aromatic nitrogens is 1. The van der Waals surface area contributed by atoms with Crippen molar-refractivity contribution < 1.29 is 8.83 Å². The maximum Gasteiger partial charge on any atom is 0.344 e. The molecule has 0 spiro atoms. The molecule has 0 radical (unpaired) electrons. The average molecular weight is 744 g/mol. The zero-order valence-electron chi connectivity index (χ0n) is 32.9. The summed E-state index contributed by atoms with van der Waals surface area (Å²) in [4.78, 5) is 27.4. The van der Waals surface area contributed by atoms with Gasteiger partial charge in [-0.1, -0.05) is 120 Å². The fraction of sp³-hybridized carbons (Fsp3) is 0.154. The van der Waals surface area contributed by atoms with E-state index in [4.69, 9.17) is 8.83 Å². The maximum absolute atomic E-state index is 13.7. The second-order valence-corrected chi connectivity index (χ2v) is 17.4. The summed E-state index contributed by atoms with van der Waals surface area (Å²) < 4.78 is 14.2. The van der Waals surface area contributed by atoms with Crippen LogP contribution in [0.3, 0.4) is 0 Å². The highest BCUT2D eigenvalue weighted by Gasteiger charge is 2.20. The van der Waals surface area contributed by atoms with Crippen molar-refractivity contribution >= 4 is 65.3 Å². The van der Waals surface area contributed by atoms with Crippen molar-refractivity contribution in [1.29, 1.82) is 0 Å². The average Bonchev–Trinajstić information content (AvgIpc) is 3.52. The largest absolute Gasteiger partial charge is 0.422 e. The summed E-state index contributed by atoms with van der Waals surface area (Å²) in [6.07, 6.45) is 0. The van der Waals surface area contributed by atoms with Crippen molar-refractivity contribution in [3.8, 4) is 27.9 Å². The first-order chi connectivity index (χ1) is 27.3. The highest BCUT2D eigenvalue weighted by atomic mass is 16.4. The first kappa shape index (κ1) is 34.7. The molecule has 3 heterocycles. The van der Waals surface area contributed by atoms with Crippen LogP contribution in [0.5, 0.6) is 0 Å². The Kier molecular flexibility index (Phi) is 7.55. The van der Waals surface area contributed by atoms with Gasteiger partial charge in [-0.25, -0.2) is 9.59 Å². The lowest BCUT2D eigenvalue weighted by Crippen LogP contribution is -2.10. The van der Waals surface area contributed by atoms with Gasteiger partial charge in [0.15, 0.2) is 0 Å². The number of hydrogen-bond acceptors (Lipinski definition) is 4. The molecule has 0 N–H and O–H groups in total. The second kappa shape index (κ2) is 12.4. The molecule has 10 aromatic rings. The Morgan fingerprint density at radius 3 is 1.32 bits per heavy atom. The first-order valence-corrected chi connectivity index (χ1v) is 19.5. The Bertz CT molecular complexity index is 3200. The summed E-state index contributed by atoms with van der Waals surface area (Å²) in [5, 5.41) is 7.95. The van der Waals surface area contributed by atoms with Gasteiger partial charge in [0.25, 0.3) is 0 Å². The number of hydrogen-bond donors (Lipinski definition) is 0. The highest BCUT2D eigenvalue weighted by Crippen LogP contribution is 2.39. The number of nitrogens with zero attached hydrogens (tertiary/aromatic N) is 1. The van der Waals surface area contributed by atoms with E-state index in [1.165, 1.54) is 11.1 Å². The van der Waals surface area contributed by atoms with E-state index in [1.807, 2.05) is 66.7 Å². The van der Waals surface area contributed by atoms with E-state index >= 15 is 0 Å². The van der Waals surface area contributed by atoms with E-state index in [9.17, 15) is 9.59 Å². The monoisotopic (exact) mass is 743 g/mol. The lowest BCUT2D eigenvalue weighted by Gasteiger charge is -2.19. The molecule has 57 heavy (non-hydrogen) atoms. The number of benzene rings is 7. The molecular weight excluding hydrogens is 703 g/mol. The van der Waals surface area contributed by atoms with Gasteiger partial charge in [0.1, 0.15) is 11.2 Å². The van der Waals surface area contributed by atoms with Gasteiger partial charge in [0.2, 0.25) is 0 Å². The molecule has 278 valence electrons. The summed E-state index contributed by atoms with van der Waals surface area (Å²) in [7, 11) is 0. The molecule has 5 heteroatoms. The van der Waals surface area contributed by atoms with Gasteiger partial charge >= 0.3 is 11.3 Å². The summed E-state index contributed by atoms with van der Waals surface area (Å²) in [6, 6.07) is 47.3. The summed E-state index contributed by atoms with van der Waals surface area (Å²) in [5.41, 5.74) is 8.30. The Balaban J connectivity index is 1.18. The van der Waals surface area contributed by atoms with Gasteiger partial charge in [-0.05, 0) is 115 Å². The minimum Gasteiger partial charge on any atom is -0.422 e. The third kappa shape index (κ3) is 5.68. The smallest absolute Gasteiger partial charge is 0.344 e. The Hall–Kier alpha value is -6.72. The van der Waals surface area contributed by atoms with Gasteiger partial charge in [-0.2, -0.15) is 0 Å². The third-order valence-corrected chi connectivity index (χ3v) is 11.6. The lowest BCUT2D eigenvalue weighted by atomic mass is 9.85. The van der Waals surface area contributed by atoms with Crippen LogP contribution < -0.4 is 11.3 Å². The van der Waals surface area contributed by atoms with Crippen LogP contribution in [0, 0.1) is 0 Å². The second-order valence-electron chi connectivity index (χ2n) is 17.4. The van der Waals surface area contributed by atoms with Crippen molar-refractivity contribution in [2.75, 3.05) is 0 Å². The summed E-state index contributed by atoms with van der Waals surface area (Å²) in [5.74, 6) is 0. The Morgan fingerprint density at radius 2 is 0.877 bits per heavy atom. The van der Waals surface area contributed by atoms with E-state index in [2.05, 4.69) is 119 Å².